The summed E-state index contributed by atoms with van der Waals surface area (Å²) >= 11 is 0. The topological polar surface area (TPSA) is 42.2 Å². The molecule has 1 aliphatic carbocycles. The van der Waals surface area contributed by atoms with Crippen LogP contribution in [0.5, 0.6) is 0 Å². The van der Waals surface area contributed by atoms with E-state index in [4.69, 9.17) is 0 Å². The summed E-state index contributed by atoms with van der Waals surface area (Å²) in [6, 6.07) is 17.0. The van der Waals surface area contributed by atoms with Gasteiger partial charge in [-0.2, -0.15) is 0 Å². The zero-order valence-electron chi connectivity index (χ0n) is 13.8. The molecular formula is C21H21NO2. The molecule has 0 unspecified atom stereocenters. The first-order valence-corrected chi connectivity index (χ1v) is 8.47. The summed E-state index contributed by atoms with van der Waals surface area (Å²) in [6.45, 7) is 2.11. The molecule has 3 nitrogen and oxygen atoms in total. The molecule has 122 valence electrons. The van der Waals surface area contributed by atoms with E-state index in [2.05, 4.69) is 43.5 Å². The van der Waals surface area contributed by atoms with Crippen molar-refractivity contribution < 1.29 is 9.90 Å². The van der Waals surface area contributed by atoms with Gasteiger partial charge in [-0.1, -0.05) is 54.4 Å². The van der Waals surface area contributed by atoms with Gasteiger partial charge in [0.25, 0.3) is 0 Å². The SMILES string of the molecule is Cc1ccc(C2(c3cn(CC(=O)O)c4ccccc34)CCC2)cc1. The summed E-state index contributed by atoms with van der Waals surface area (Å²) < 4.78 is 1.88. The highest BCUT2D eigenvalue weighted by molar-refractivity contribution is 5.87. The molecule has 1 aliphatic rings. The number of aromatic nitrogens is 1. The molecule has 3 aromatic rings. The van der Waals surface area contributed by atoms with Crippen molar-refractivity contribution in [2.45, 2.75) is 38.1 Å². The van der Waals surface area contributed by atoms with Crippen LogP contribution >= 0.6 is 0 Å². The summed E-state index contributed by atoms with van der Waals surface area (Å²) in [7, 11) is 0. The summed E-state index contributed by atoms with van der Waals surface area (Å²) in [5.74, 6) is -0.805. The highest BCUT2D eigenvalue weighted by atomic mass is 16.4. The molecule has 1 N–H and O–H groups in total. The van der Waals surface area contributed by atoms with Crippen molar-refractivity contribution in [2.24, 2.45) is 0 Å². The van der Waals surface area contributed by atoms with Crippen molar-refractivity contribution in [3.8, 4) is 0 Å². The van der Waals surface area contributed by atoms with Crippen molar-refractivity contribution in [3.05, 3.63) is 71.4 Å². The van der Waals surface area contributed by atoms with Crippen LogP contribution in [-0.2, 0) is 16.8 Å². The lowest BCUT2D eigenvalue weighted by molar-refractivity contribution is -0.137. The largest absolute Gasteiger partial charge is 0.480 e. The van der Waals surface area contributed by atoms with E-state index >= 15 is 0 Å². The maximum atomic E-state index is 11.2. The number of carboxylic acid groups (broad SMARTS) is 1. The Morgan fingerprint density at radius 1 is 1.12 bits per heavy atom. The van der Waals surface area contributed by atoms with E-state index in [0.29, 0.717) is 0 Å². The van der Waals surface area contributed by atoms with Crippen molar-refractivity contribution in [3.63, 3.8) is 0 Å². The van der Waals surface area contributed by atoms with Crippen LogP contribution in [-0.4, -0.2) is 15.6 Å². The molecule has 3 heteroatoms. The van der Waals surface area contributed by atoms with Gasteiger partial charge in [0.1, 0.15) is 6.54 Å². The predicted octanol–water partition coefficient (Wildman–Crippen LogP) is 4.50. The van der Waals surface area contributed by atoms with Crippen LogP contribution in [0.4, 0.5) is 0 Å². The molecule has 0 saturated heterocycles. The third kappa shape index (κ3) is 2.23. The second-order valence-corrected chi connectivity index (χ2v) is 6.88. The van der Waals surface area contributed by atoms with Gasteiger partial charge in [-0.25, -0.2) is 0 Å². The minimum absolute atomic E-state index is 0.00446. The van der Waals surface area contributed by atoms with E-state index in [9.17, 15) is 9.90 Å². The Labute approximate surface area is 141 Å². The number of nitrogens with zero attached hydrogens (tertiary/aromatic N) is 1. The highest BCUT2D eigenvalue weighted by Gasteiger charge is 2.42. The first-order valence-electron chi connectivity index (χ1n) is 8.47. The quantitative estimate of drug-likeness (QED) is 0.769. The number of hydrogen-bond donors (Lipinski definition) is 1. The van der Waals surface area contributed by atoms with E-state index in [1.54, 1.807) is 0 Å². The molecule has 2 aromatic carbocycles. The molecule has 0 spiro atoms. The van der Waals surface area contributed by atoms with Crippen LogP contribution in [0.2, 0.25) is 0 Å². The first kappa shape index (κ1) is 15.0. The molecular weight excluding hydrogens is 298 g/mol. The zero-order valence-corrected chi connectivity index (χ0v) is 13.8. The van der Waals surface area contributed by atoms with Crippen LogP contribution in [0, 0.1) is 6.92 Å². The van der Waals surface area contributed by atoms with Gasteiger partial charge in [0, 0.05) is 22.5 Å². The molecule has 4 rings (SSSR count). The average Bonchev–Trinajstić information content (AvgIpc) is 2.87. The molecule has 1 heterocycles. The first-order chi connectivity index (χ1) is 11.6. The number of aryl methyl sites for hydroxylation is 1. The smallest absolute Gasteiger partial charge is 0.323 e. The van der Waals surface area contributed by atoms with Crippen LogP contribution in [0.25, 0.3) is 10.9 Å². The van der Waals surface area contributed by atoms with Crippen LogP contribution in [0.1, 0.15) is 36.0 Å². The Morgan fingerprint density at radius 2 is 1.83 bits per heavy atom. The molecule has 1 saturated carbocycles. The Balaban J connectivity index is 1.91. The fraction of sp³-hybridized carbons (Fsp3) is 0.286. The molecule has 1 fully saturated rings. The van der Waals surface area contributed by atoms with Gasteiger partial charge >= 0.3 is 5.97 Å². The van der Waals surface area contributed by atoms with Crippen molar-refractivity contribution >= 4 is 16.9 Å². The fourth-order valence-corrected chi connectivity index (χ4v) is 4.02. The second-order valence-electron chi connectivity index (χ2n) is 6.88. The van der Waals surface area contributed by atoms with Gasteiger partial charge in [-0.15, -0.1) is 0 Å². The number of para-hydroxylation sites is 1. The van der Waals surface area contributed by atoms with Crippen molar-refractivity contribution in [1.82, 2.24) is 4.57 Å². The number of aliphatic carboxylic acids is 1. The number of fused-ring (bicyclic) bond motifs is 1. The van der Waals surface area contributed by atoms with Gasteiger partial charge in [0.05, 0.1) is 0 Å². The van der Waals surface area contributed by atoms with Crippen LogP contribution in [0.3, 0.4) is 0 Å². The molecule has 1 aromatic heterocycles. The maximum Gasteiger partial charge on any atom is 0.323 e. The molecule has 0 atom stereocenters. The van der Waals surface area contributed by atoms with E-state index in [1.807, 2.05) is 22.8 Å². The van der Waals surface area contributed by atoms with Gasteiger partial charge in [0.2, 0.25) is 0 Å². The number of rotatable bonds is 4. The molecule has 0 amide bonds. The van der Waals surface area contributed by atoms with Gasteiger partial charge < -0.3 is 9.67 Å². The van der Waals surface area contributed by atoms with E-state index < -0.39 is 5.97 Å². The Bertz CT molecular complexity index is 901. The van der Waals surface area contributed by atoms with Crippen LogP contribution in [0.15, 0.2) is 54.7 Å². The summed E-state index contributed by atoms with van der Waals surface area (Å²) in [5.41, 5.74) is 4.92. The monoisotopic (exact) mass is 319 g/mol. The van der Waals surface area contributed by atoms with Gasteiger partial charge in [-0.05, 0) is 37.0 Å². The third-order valence-electron chi connectivity index (χ3n) is 5.42. The molecule has 24 heavy (non-hydrogen) atoms. The lowest BCUT2D eigenvalue weighted by Crippen LogP contribution is -2.35. The second kappa shape index (κ2) is 5.52. The van der Waals surface area contributed by atoms with E-state index in [-0.39, 0.29) is 12.0 Å². The maximum absolute atomic E-state index is 11.2. The zero-order chi connectivity index (χ0) is 16.7. The summed E-state index contributed by atoms with van der Waals surface area (Å²) in [4.78, 5) is 11.2. The lowest BCUT2D eigenvalue weighted by atomic mass is 9.60. The summed E-state index contributed by atoms with van der Waals surface area (Å²) in [5, 5.41) is 10.4. The van der Waals surface area contributed by atoms with Crippen molar-refractivity contribution in [2.75, 3.05) is 0 Å². The normalized spacial score (nSPS) is 16.0. The lowest BCUT2D eigenvalue weighted by Gasteiger charge is -2.43. The summed E-state index contributed by atoms with van der Waals surface area (Å²) in [6.07, 6.45) is 5.53. The van der Waals surface area contributed by atoms with Gasteiger partial charge in [-0.3, -0.25) is 4.79 Å². The number of carbonyl (C=O) groups is 1. The predicted molar refractivity (Wildman–Crippen MR) is 95.4 cm³/mol. The van der Waals surface area contributed by atoms with Crippen molar-refractivity contribution in [1.29, 1.82) is 0 Å². The molecule has 0 bridgehead atoms. The molecule has 0 aliphatic heterocycles. The Morgan fingerprint density at radius 3 is 2.46 bits per heavy atom. The standard InChI is InChI=1S/C21H21NO2/c1-15-7-9-16(10-8-15)21(11-4-12-21)18-13-22(14-20(23)24)19-6-3-2-5-17(18)19/h2-3,5-10,13H,4,11-12,14H2,1H3,(H,23,24). The minimum Gasteiger partial charge on any atom is -0.480 e. The Kier molecular flexibility index (Phi) is 3.45. The third-order valence-corrected chi connectivity index (χ3v) is 5.42. The molecule has 0 radical (unpaired) electrons. The minimum atomic E-state index is -0.805. The fourth-order valence-electron chi connectivity index (χ4n) is 4.02. The number of hydrogen-bond acceptors (Lipinski definition) is 1. The Hall–Kier alpha value is -2.55. The van der Waals surface area contributed by atoms with Crippen LogP contribution < -0.4 is 0 Å². The van der Waals surface area contributed by atoms with E-state index in [0.717, 1.165) is 18.4 Å². The average molecular weight is 319 g/mol. The number of carboxylic acids is 1. The van der Waals surface area contributed by atoms with Gasteiger partial charge in [0.15, 0.2) is 0 Å². The number of benzene rings is 2. The van der Waals surface area contributed by atoms with E-state index in [1.165, 1.54) is 28.5 Å². The highest BCUT2D eigenvalue weighted by Crippen LogP contribution is 2.51.